The summed E-state index contributed by atoms with van der Waals surface area (Å²) in [6.07, 6.45) is 10.5. The Morgan fingerprint density at radius 1 is 1.10 bits per heavy atom. The van der Waals surface area contributed by atoms with Crippen molar-refractivity contribution in [3.05, 3.63) is 41.4 Å². The first-order valence-electron chi connectivity index (χ1n) is 11.8. The zero-order chi connectivity index (χ0) is 22.0. The summed E-state index contributed by atoms with van der Waals surface area (Å²) >= 11 is 6.29. The van der Waals surface area contributed by atoms with Crippen molar-refractivity contribution in [1.29, 1.82) is 0 Å². The van der Waals surface area contributed by atoms with Gasteiger partial charge in [-0.2, -0.15) is 0 Å². The van der Waals surface area contributed by atoms with Crippen molar-refractivity contribution in [1.82, 2.24) is 4.90 Å². The van der Waals surface area contributed by atoms with Crippen molar-refractivity contribution < 1.29 is 9.59 Å². The lowest BCUT2D eigenvalue weighted by Crippen LogP contribution is -2.59. The number of rotatable bonds is 2. The van der Waals surface area contributed by atoms with E-state index < -0.39 is 0 Å². The molecule has 3 saturated carbocycles. The van der Waals surface area contributed by atoms with Gasteiger partial charge in [0.1, 0.15) is 0 Å². The first kappa shape index (κ1) is 21.1. The number of anilines is 1. The van der Waals surface area contributed by atoms with Gasteiger partial charge in [0.2, 0.25) is 11.8 Å². The van der Waals surface area contributed by atoms with Crippen molar-refractivity contribution in [3.63, 3.8) is 0 Å². The van der Waals surface area contributed by atoms with Gasteiger partial charge in [-0.05, 0) is 79.9 Å². The van der Waals surface area contributed by atoms with E-state index in [0.717, 1.165) is 38.5 Å². The molecule has 1 aromatic rings. The minimum absolute atomic E-state index is 0.0337. The second-order valence-corrected chi connectivity index (χ2v) is 11.2. The molecule has 1 aromatic carbocycles. The van der Waals surface area contributed by atoms with Crippen molar-refractivity contribution >= 4 is 29.1 Å². The van der Waals surface area contributed by atoms with Crippen molar-refractivity contribution in [2.45, 2.75) is 58.4 Å². The van der Waals surface area contributed by atoms with Crippen LogP contribution in [0.5, 0.6) is 0 Å². The molecule has 0 spiro atoms. The van der Waals surface area contributed by atoms with Crippen LogP contribution in [0.1, 0.15) is 52.4 Å². The molecule has 1 N–H and O–H groups in total. The molecule has 2 amide bonds. The number of fused-ring (bicyclic) bond motifs is 5. The number of para-hydroxylation sites is 1. The Labute approximate surface area is 190 Å². The van der Waals surface area contributed by atoms with E-state index in [-0.39, 0.29) is 28.6 Å². The molecular weight excluding hydrogens is 408 g/mol. The standard InChI is InChI=1S/C26H33ClN2O2/c1-25-14-12-18-16(8-11-22-26(18,2)15-13-23(30)29(22)3)17(25)9-10-19(25)24(31)28-21-7-5-4-6-20(21)27/h4-7,13,15-19,22H,8-12,14H2,1-3H3,(H,28,31)/t16?,17-,18-,19+,22+,25-,26+/m0/s1. The highest BCUT2D eigenvalue weighted by Crippen LogP contribution is 2.65. The second kappa shape index (κ2) is 7.37. The summed E-state index contributed by atoms with van der Waals surface area (Å²) in [4.78, 5) is 27.6. The third-order valence-corrected chi connectivity index (χ3v) is 9.91. The largest absolute Gasteiger partial charge is 0.338 e. The smallest absolute Gasteiger partial charge is 0.246 e. The van der Waals surface area contributed by atoms with Crippen LogP contribution in [0.4, 0.5) is 5.69 Å². The normalized spacial score (nSPS) is 41.4. The quantitative estimate of drug-likeness (QED) is 0.656. The summed E-state index contributed by atoms with van der Waals surface area (Å²) in [7, 11) is 1.96. The highest BCUT2D eigenvalue weighted by Gasteiger charge is 2.61. The molecule has 31 heavy (non-hydrogen) atoms. The Kier molecular flexibility index (Phi) is 5.00. The first-order chi connectivity index (χ1) is 14.8. The molecule has 166 valence electrons. The summed E-state index contributed by atoms with van der Waals surface area (Å²) in [6, 6.07) is 7.79. The molecule has 0 radical (unpaired) electrons. The second-order valence-electron chi connectivity index (χ2n) is 10.8. The molecule has 1 unspecified atom stereocenters. The summed E-state index contributed by atoms with van der Waals surface area (Å²) in [5.41, 5.74) is 0.795. The number of nitrogens with zero attached hydrogens (tertiary/aromatic N) is 1. The van der Waals surface area contributed by atoms with Gasteiger partial charge in [-0.25, -0.2) is 0 Å². The lowest BCUT2D eigenvalue weighted by molar-refractivity contribution is -0.141. The monoisotopic (exact) mass is 440 g/mol. The Bertz CT molecular complexity index is 945. The maximum Gasteiger partial charge on any atom is 0.246 e. The van der Waals surface area contributed by atoms with Gasteiger partial charge in [0.15, 0.2) is 0 Å². The van der Waals surface area contributed by atoms with E-state index in [9.17, 15) is 9.59 Å². The molecule has 0 bridgehead atoms. The Morgan fingerprint density at radius 3 is 2.65 bits per heavy atom. The predicted molar refractivity (Wildman–Crippen MR) is 124 cm³/mol. The minimum Gasteiger partial charge on any atom is -0.338 e. The van der Waals surface area contributed by atoms with Crippen LogP contribution in [0, 0.1) is 34.5 Å². The average Bonchev–Trinajstić information content (AvgIpc) is 3.10. The van der Waals surface area contributed by atoms with Gasteiger partial charge in [0.05, 0.1) is 10.7 Å². The zero-order valence-electron chi connectivity index (χ0n) is 18.7. The van der Waals surface area contributed by atoms with Gasteiger partial charge in [0.25, 0.3) is 0 Å². The maximum absolute atomic E-state index is 13.3. The van der Waals surface area contributed by atoms with E-state index in [1.807, 2.05) is 36.2 Å². The van der Waals surface area contributed by atoms with Gasteiger partial charge in [0, 0.05) is 24.4 Å². The van der Waals surface area contributed by atoms with Crippen LogP contribution < -0.4 is 5.32 Å². The van der Waals surface area contributed by atoms with Crippen LogP contribution in [0.2, 0.25) is 5.02 Å². The molecule has 7 atom stereocenters. The van der Waals surface area contributed by atoms with Gasteiger partial charge < -0.3 is 10.2 Å². The number of carbonyl (C=O) groups excluding carboxylic acids is 2. The summed E-state index contributed by atoms with van der Waals surface area (Å²) in [5, 5.41) is 3.71. The SMILES string of the molecule is CN1C(=O)C=C[C@]2(C)[C@H]3CC[C@]4(C)[C@@H](C(=O)Nc5ccccc5Cl)CC[C@H]4C3CC[C@@H]12. The van der Waals surface area contributed by atoms with Crippen molar-refractivity contribution in [2.24, 2.45) is 34.5 Å². The molecule has 4 aliphatic rings. The lowest BCUT2D eigenvalue weighted by Gasteiger charge is -2.60. The van der Waals surface area contributed by atoms with Crippen molar-refractivity contribution in [2.75, 3.05) is 12.4 Å². The summed E-state index contributed by atoms with van der Waals surface area (Å²) in [5.74, 6) is 2.08. The molecule has 1 aliphatic heterocycles. The van der Waals surface area contributed by atoms with Crippen LogP contribution in [0.25, 0.3) is 0 Å². The van der Waals surface area contributed by atoms with Gasteiger partial charge >= 0.3 is 0 Å². The van der Waals surface area contributed by atoms with E-state index in [2.05, 4.69) is 25.2 Å². The fourth-order valence-electron chi connectivity index (χ4n) is 7.95. The highest BCUT2D eigenvalue weighted by atomic mass is 35.5. The third-order valence-electron chi connectivity index (χ3n) is 9.58. The fourth-order valence-corrected chi connectivity index (χ4v) is 8.13. The topological polar surface area (TPSA) is 49.4 Å². The van der Waals surface area contributed by atoms with E-state index in [4.69, 9.17) is 11.6 Å². The molecular formula is C26H33ClN2O2. The van der Waals surface area contributed by atoms with E-state index in [1.54, 1.807) is 6.08 Å². The fraction of sp³-hybridized carbons (Fsp3) is 0.615. The molecule has 1 heterocycles. The number of hydrogen-bond acceptors (Lipinski definition) is 2. The van der Waals surface area contributed by atoms with E-state index in [0.29, 0.717) is 34.5 Å². The summed E-state index contributed by atoms with van der Waals surface area (Å²) < 4.78 is 0. The third kappa shape index (κ3) is 3.08. The van der Waals surface area contributed by atoms with Crippen LogP contribution in [0.15, 0.2) is 36.4 Å². The number of benzene rings is 1. The highest BCUT2D eigenvalue weighted by molar-refractivity contribution is 6.33. The summed E-state index contributed by atoms with van der Waals surface area (Å²) in [6.45, 7) is 4.73. The molecule has 3 fully saturated rings. The van der Waals surface area contributed by atoms with Crippen LogP contribution in [-0.4, -0.2) is 29.8 Å². The number of amides is 2. The number of carbonyl (C=O) groups is 2. The molecule has 0 aromatic heterocycles. The van der Waals surface area contributed by atoms with Gasteiger partial charge in [-0.1, -0.05) is 43.7 Å². The Balaban J connectivity index is 1.38. The van der Waals surface area contributed by atoms with Gasteiger partial charge in [-0.3, -0.25) is 9.59 Å². The Morgan fingerprint density at radius 2 is 1.87 bits per heavy atom. The molecule has 4 nitrogen and oxygen atoms in total. The van der Waals surface area contributed by atoms with E-state index in [1.165, 1.54) is 0 Å². The predicted octanol–water partition coefficient (Wildman–Crippen LogP) is 5.53. The average molecular weight is 441 g/mol. The number of halogens is 1. The molecule has 5 heteroatoms. The number of hydrogen-bond donors (Lipinski definition) is 1. The zero-order valence-corrected chi connectivity index (χ0v) is 19.5. The van der Waals surface area contributed by atoms with Crippen LogP contribution in [0.3, 0.4) is 0 Å². The number of nitrogens with one attached hydrogen (secondary N) is 1. The molecule has 3 aliphatic carbocycles. The van der Waals surface area contributed by atoms with Crippen molar-refractivity contribution in [3.8, 4) is 0 Å². The van der Waals surface area contributed by atoms with Gasteiger partial charge in [-0.15, -0.1) is 0 Å². The Hall–Kier alpha value is -1.81. The lowest BCUT2D eigenvalue weighted by atomic mass is 9.47. The molecule has 0 saturated heterocycles. The van der Waals surface area contributed by atoms with E-state index >= 15 is 0 Å². The maximum atomic E-state index is 13.3. The van der Waals surface area contributed by atoms with Crippen LogP contribution >= 0.6 is 11.6 Å². The van der Waals surface area contributed by atoms with Crippen LogP contribution in [-0.2, 0) is 9.59 Å². The minimum atomic E-state index is 0.0337. The molecule has 5 rings (SSSR count). The number of likely N-dealkylation sites (N-methyl/N-ethyl adjacent to an activating group) is 1. The first-order valence-corrected chi connectivity index (χ1v) is 12.1.